The molecule has 1 amide bonds. The minimum atomic E-state index is -0.630. The van der Waals surface area contributed by atoms with Crippen molar-refractivity contribution in [3.8, 4) is 11.5 Å². The zero-order valence-electron chi connectivity index (χ0n) is 16.3. The lowest BCUT2D eigenvalue weighted by molar-refractivity contribution is 0.0940. The number of imidazole rings is 1. The Hall–Kier alpha value is -2.87. The average Bonchev–Trinajstić information content (AvgIpc) is 3.12. The zero-order valence-corrected chi connectivity index (χ0v) is 17.9. The molecular weight excluding hydrogens is 441 g/mol. The number of aromatic nitrogens is 2. The molecule has 0 saturated carbocycles. The van der Waals surface area contributed by atoms with Crippen LogP contribution in [0.15, 0.2) is 53.3 Å². The van der Waals surface area contributed by atoms with Crippen molar-refractivity contribution >= 4 is 21.8 Å². The number of hydrogen-bond acceptors (Lipinski definition) is 4. The Balaban J connectivity index is 1.97. The second-order valence-corrected chi connectivity index (χ2v) is 7.13. The smallest absolute Gasteiger partial charge is 0.252 e. The summed E-state index contributed by atoms with van der Waals surface area (Å²) in [6, 6.07) is 8.72. The molecule has 8 heteroatoms. The Bertz CT molecular complexity index is 1020. The number of benzene rings is 2. The fourth-order valence-corrected chi connectivity index (χ4v) is 3.54. The van der Waals surface area contributed by atoms with Crippen molar-refractivity contribution < 1.29 is 18.7 Å². The van der Waals surface area contributed by atoms with Gasteiger partial charge < -0.3 is 19.4 Å². The number of halogens is 2. The standard InChI is InChI=1S/C21H21BrFN3O3/c1-4-29-19-16(22)11-14(12-17(19)28-3)21(27)25-18(20-24-8-9-26(20)2)13-6-5-7-15(23)10-13/h5-12,18H,4H2,1-3H3,(H,25,27). The number of carbonyl (C=O) groups excluding carboxylic acids is 1. The lowest BCUT2D eigenvalue weighted by Gasteiger charge is -2.20. The van der Waals surface area contributed by atoms with Gasteiger partial charge in [-0.3, -0.25) is 4.79 Å². The minimum Gasteiger partial charge on any atom is -0.493 e. The Labute approximate surface area is 176 Å². The lowest BCUT2D eigenvalue weighted by atomic mass is 10.0. The van der Waals surface area contributed by atoms with Crippen molar-refractivity contribution in [3.05, 3.63) is 76.0 Å². The zero-order chi connectivity index (χ0) is 21.0. The highest BCUT2D eigenvalue weighted by Crippen LogP contribution is 2.37. The van der Waals surface area contributed by atoms with E-state index < -0.39 is 6.04 Å². The van der Waals surface area contributed by atoms with E-state index in [1.807, 2.05) is 14.0 Å². The van der Waals surface area contributed by atoms with Crippen LogP contribution in [-0.4, -0.2) is 29.2 Å². The van der Waals surface area contributed by atoms with Crippen molar-refractivity contribution in [1.82, 2.24) is 14.9 Å². The van der Waals surface area contributed by atoms with E-state index >= 15 is 0 Å². The van der Waals surface area contributed by atoms with Crippen LogP contribution in [0.5, 0.6) is 11.5 Å². The monoisotopic (exact) mass is 461 g/mol. The molecule has 3 rings (SSSR count). The van der Waals surface area contributed by atoms with E-state index in [9.17, 15) is 9.18 Å². The highest BCUT2D eigenvalue weighted by Gasteiger charge is 2.23. The summed E-state index contributed by atoms with van der Waals surface area (Å²) in [4.78, 5) is 17.4. The number of carbonyl (C=O) groups is 1. The van der Waals surface area contributed by atoms with Crippen LogP contribution in [0.3, 0.4) is 0 Å². The van der Waals surface area contributed by atoms with E-state index in [0.717, 1.165) is 0 Å². The molecule has 3 aromatic rings. The molecule has 1 N–H and O–H groups in total. The van der Waals surface area contributed by atoms with Crippen LogP contribution in [-0.2, 0) is 7.05 Å². The summed E-state index contributed by atoms with van der Waals surface area (Å²) in [6.45, 7) is 2.32. The quantitative estimate of drug-likeness (QED) is 0.571. The van der Waals surface area contributed by atoms with Crippen molar-refractivity contribution in [3.63, 3.8) is 0 Å². The first kappa shape index (κ1) is 20.9. The molecule has 29 heavy (non-hydrogen) atoms. The van der Waals surface area contributed by atoms with Crippen molar-refractivity contribution in [2.75, 3.05) is 13.7 Å². The number of ether oxygens (including phenoxy) is 2. The molecule has 0 aliphatic carbocycles. The van der Waals surface area contributed by atoms with Crippen LogP contribution in [0, 0.1) is 5.82 Å². The number of aryl methyl sites for hydroxylation is 1. The van der Waals surface area contributed by atoms with Gasteiger partial charge in [-0.2, -0.15) is 0 Å². The Morgan fingerprint density at radius 3 is 2.76 bits per heavy atom. The molecule has 0 bridgehead atoms. The first-order chi connectivity index (χ1) is 13.9. The van der Waals surface area contributed by atoms with E-state index in [1.54, 1.807) is 41.2 Å². The van der Waals surface area contributed by atoms with Gasteiger partial charge in [-0.1, -0.05) is 12.1 Å². The molecule has 0 saturated heterocycles. The molecular formula is C21H21BrFN3O3. The number of methoxy groups -OCH3 is 1. The molecule has 1 unspecified atom stereocenters. The maximum atomic E-state index is 13.8. The van der Waals surface area contributed by atoms with Crippen LogP contribution in [0.1, 0.15) is 34.7 Å². The van der Waals surface area contributed by atoms with E-state index in [4.69, 9.17) is 9.47 Å². The summed E-state index contributed by atoms with van der Waals surface area (Å²) < 4.78 is 27.1. The number of nitrogens with one attached hydrogen (secondary N) is 1. The molecule has 0 fully saturated rings. The fourth-order valence-electron chi connectivity index (χ4n) is 2.99. The summed E-state index contributed by atoms with van der Waals surface area (Å²) in [5.74, 6) is 0.801. The highest BCUT2D eigenvalue weighted by molar-refractivity contribution is 9.10. The van der Waals surface area contributed by atoms with Gasteiger partial charge in [0, 0.05) is 25.0 Å². The molecule has 1 heterocycles. The molecule has 0 aliphatic heterocycles. The van der Waals surface area contributed by atoms with Gasteiger partial charge in [0.1, 0.15) is 17.7 Å². The largest absolute Gasteiger partial charge is 0.493 e. The maximum absolute atomic E-state index is 13.8. The highest BCUT2D eigenvalue weighted by atomic mass is 79.9. The van der Waals surface area contributed by atoms with Crippen molar-refractivity contribution in [2.24, 2.45) is 7.05 Å². The predicted octanol–water partition coefficient (Wildman–Crippen LogP) is 4.25. The number of amides is 1. The normalized spacial score (nSPS) is 11.8. The maximum Gasteiger partial charge on any atom is 0.252 e. The van der Waals surface area contributed by atoms with Gasteiger partial charge in [0.15, 0.2) is 11.5 Å². The molecule has 0 radical (unpaired) electrons. The van der Waals surface area contributed by atoms with Gasteiger partial charge in [-0.25, -0.2) is 9.37 Å². The van der Waals surface area contributed by atoms with Gasteiger partial charge in [0.05, 0.1) is 18.2 Å². The minimum absolute atomic E-state index is 0.357. The molecule has 152 valence electrons. The third-order valence-corrected chi connectivity index (χ3v) is 4.94. The Kier molecular flexibility index (Phi) is 6.53. The van der Waals surface area contributed by atoms with Crippen LogP contribution < -0.4 is 14.8 Å². The van der Waals surface area contributed by atoms with Gasteiger partial charge >= 0.3 is 0 Å². The van der Waals surface area contributed by atoms with E-state index in [1.165, 1.54) is 19.2 Å². The second-order valence-electron chi connectivity index (χ2n) is 6.28. The lowest BCUT2D eigenvalue weighted by Crippen LogP contribution is -2.31. The van der Waals surface area contributed by atoms with Crippen LogP contribution >= 0.6 is 15.9 Å². The Morgan fingerprint density at radius 1 is 1.34 bits per heavy atom. The third kappa shape index (κ3) is 4.59. The number of rotatable bonds is 7. The molecule has 1 atom stereocenters. The van der Waals surface area contributed by atoms with E-state index in [-0.39, 0.29) is 11.7 Å². The summed E-state index contributed by atoms with van der Waals surface area (Å²) in [7, 11) is 3.33. The summed E-state index contributed by atoms with van der Waals surface area (Å²) in [5, 5.41) is 2.94. The molecule has 0 spiro atoms. The van der Waals surface area contributed by atoms with Crippen LogP contribution in [0.4, 0.5) is 4.39 Å². The average molecular weight is 462 g/mol. The van der Waals surface area contributed by atoms with E-state index in [0.29, 0.717) is 39.5 Å². The van der Waals surface area contributed by atoms with Gasteiger partial charge in [0.25, 0.3) is 5.91 Å². The first-order valence-corrected chi connectivity index (χ1v) is 9.77. The van der Waals surface area contributed by atoms with Gasteiger partial charge in [-0.15, -0.1) is 0 Å². The second kappa shape index (κ2) is 9.09. The number of nitrogens with zero attached hydrogens (tertiary/aromatic N) is 2. The summed E-state index contributed by atoms with van der Waals surface area (Å²) >= 11 is 3.43. The van der Waals surface area contributed by atoms with Crippen molar-refractivity contribution in [1.29, 1.82) is 0 Å². The summed E-state index contributed by atoms with van der Waals surface area (Å²) in [6.07, 6.45) is 3.40. The van der Waals surface area contributed by atoms with Crippen LogP contribution in [0.2, 0.25) is 0 Å². The van der Waals surface area contributed by atoms with Crippen LogP contribution in [0.25, 0.3) is 0 Å². The summed E-state index contributed by atoms with van der Waals surface area (Å²) in [5.41, 5.74) is 0.956. The molecule has 2 aromatic carbocycles. The SMILES string of the molecule is CCOc1c(Br)cc(C(=O)NC(c2cccc(F)c2)c2nccn2C)cc1OC. The van der Waals surface area contributed by atoms with Gasteiger partial charge in [-0.05, 0) is 52.7 Å². The Morgan fingerprint density at radius 2 is 2.14 bits per heavy atom. The first-order valence-electron chi connectivity index (χ1n) is 8.98. The van der Waals surface area contributed by atoms with E-state index in [2.05, 4.69) is 26.2 Å². The molecule has 1 aromatic heterocycles. The topological polar surface area (TPSA) is 65.4 Å². The number of hydrogen-bond donors (Lipinski definition) is 1. The van der Waals surface area contributed by atoms with Crippen molar-refractivity contribution in [2.45, 2.75) is 13.0 Å². The van der Waals surface area contributed by atoms with Gasteiger partial charge in [0.2, 0.25) is 0 Å². The third-order valence-electron chi connectivity index (χ3n) is 4.35. The molecule has 6 nitrogen and oxygen atoms in total. The fraction of sp³-hybridized carbons (Fsp3) is 0.238. The predicted molar refractivity (Wildman–Crippen MR) is 111 cm³/mol. The molecule has 0 aliphatic rings.